The number of nitro benzene ring substituents is 1. The van der Waals surface area contributed by atoms with E-state index in [2.05, 4.69) is 5.32 Å². The minimum Gasteiger partial charge on any atom is -0.368 e. The van der Waals surface area contributed by atoms with E-state index in [-0.39, 0.29) is 17.7 Å². The monoisotopic (exact) mass is 327 g/mol. The molecule has 0 aliphatic heterocycles. The van der Waals surface area contributed by atoms with E-state index in [1.165, 1.54) is 18.2 Å². The highest BCUT2D eigenvalue weighted by atomic mass is 16.6. The fourth-order valence-corrected chi connectivity index (χ4v) is 2.32. The Kier molecular flexibility index (Phi) is 5.26. The van der Waals surface area contributed by atoms with Crippen LogP contribution in [0.4, 0.5) is 5.69 Å². The SMILES string of the molecule is Cc1cc([N+](=O)[O-])ccc1C(=O)N[C@@H](Cc1ccccc1)C(N)=O. The van der Waals surface area contributed by atoms with Gasteiger partial charge in [0.25, 0.3) is 11.6 Å². The van der Waals surface area contributed by atoms with Crippen LogP contribution in [0.25, 0.3) is 0 Å². The van der Waals surface area contributed by atoms with Crippen LogP contribution in [-0.4, -0.2) is 22.8 Å². The minimum absolute atomic E-state index is 0.0974. The molecule has 2 rings (SSSR count). The zero-order valence-corrected chi connectivity index (χ0v) is 13.1. The smallest absolute Gasteiger partial charge is 0.269 e. The van der Waals surface area contributed by atoms with E-state index in [0.717, 1.165) is 5.56 Å². The molecule has 0 fully saturated rings. The molecule has 2 amide bonds. The number of nitrogens with one attached hydrogen (secondary N) is 1. The Morgan fingerprint density at radius 2 is 1.88 bits per heavy atom. The van der Waals surface area contributed by atoms with Crippen molar-refractivity contribution in [3.8, 4) is 0 Å². The summed E-state index contributed by atoms with van der Waals surface area (Å²) in [5.41, 5.74) is 6.85. The van der Waals surface area contributed by atoms with Crippen molar-refractivity contribution >= 4 is 17.5 Å². The zero-order chi connectivity index (χ0) is 17.7. The molecule has 7 heteroatoms. The molecule has 3 N–H and O–H groups in total. The Balaban J connectivity index is 2.16. The summed E-state index contributed by atoms with van der Waals surface area (Å²) < 4.78 is 0. The number of amides is 2. The molecule has 24 heavy (non-hydrogen) atoms. The second kappa shape index (κ2) is 7.36. The molecule has 0 unspecified atom stereocenters. The Labute approximate surface area is 138 Å². The summed E-state index contributed by atoms with van der Waals surface area (Å²) in [5, 5.41) is 13.3. The topological polar surface area (TPSA) is 115 Å². The number of carbonyl (C=O) groups excluding carboxylic acids is 2. The van der Waals surface area contributed by atoms with Crippen LogP contribution >= 0.6 is 0 Å². The molecule has 2 aromatic carbocycles. The first-order valence-corrected chi connectivity index (χ1v) is 7.27. The van der Waals surface area contributed by atoms with Crippen LogP contribution in [0.1, 0.15) is 21.5 Å². The molecule has 0 saturated carbocycles. The van der Waals surface area contributed by atoms with E-state index < -0.39 is 22.8 Å². The van der Waals surface area contributed by atoms with Crippen molar-refractivity contribution in [1.82, 2.24) is 5.32 Å². The van der Waals surface area contributed by atoms with E-state index in [9.17, 15) is 19.7 Å². The molecule has 124 valence electrons. The second-order valence-corrected chi connectivity index (χ2v) is 5.37. The third-order valence-electron chi connectivity index (χ3n) is 3.60. The van der Waals surface area contributed by atoms with Crippen molar-refractivity contribution in [3.05, 3.63) is 75.3 Å². The lowest BCUT2D eigenvalue weighted by Crippen LogP contribution is -2.46. The van der Waals surface area contributed by atoms with E-state index in [1.807, 2.05) is 30.3 Å². The summed E-state index contributed by atoms with van der Waals surface area (Å²) >= 11 is 0. The van der Waals surface area contributed by atoms with Gasteiger partial charge < -0.3 is 11.1 Å². The van der Waals surface area contributed by atoms with Gasteiger partial charge in [0.05, 0.1) is 4.92 Å². The van der Waals surface area contributed by atoms with Gasteiger partial charge in [-0.3, -0.25) is 19.7 Å². The molecular formula is C17H17N3O4. The fourth-order valence-electron chi connectivity index (χ4n) is 2.32. The first-order chi connectivity index (χ1) is 11.4. The van der Waals surface area contributed by atoms with Crippen molar-refractivity contribution in [2.24, 2.45) is 5.73 Å². The Hall–Kier alpha value is -3.22. The number of benzene rings is 2. The van der Waals surface area contributed by atoms with Crippen LogP contribution in [0.15, 0.2) is 48.5 Å². The van der Waals surface area contributed by atoms with Gasteiger partial charge in [-0.1, -0.05) is 30.3 Å². The standard InChI is InChI=1S/C17H17N3O4/c1-11-9-13(20(23)24)7-8-14(11)17(22)19-15(16(18)21)10-12-5-3-2-4-6-12/h2-9,15H,10H2,1H3,(H2,18,21)(H,19,22)/t15-/m0/s1. The van der Waals surface area contributed by atoms with Crippen LogP contribution in [0.5, 0.6) is 0 Å². The maximum atomic E-state index is 12.4. The maximum absolute atomic E-state index is 12.4. The molecule has 0 heterocycles. The van der Waals surface area contributed by atoms with E-state index in [0.29, 0.717) is 5.56 Å². The van der Waals surface area contributed by atoms with Crippen molar-refractivity contribution < 1.29 is 14.5 Å². The number of hydrogen-bond acceptors (Lipinski definition) is 4. The number of nitrogens with two attached hydrogens (primary N) is 1. The lowest BCUT2D eigenvalue weighted by molar-refractivity contribution is -0.384. The average Bonchev–Trinajstić information content (AvgIpc) is 2.54. The maximum Gasteiger partial charge on any atom is 0.269 e. The van der Waals surface area contributed by atoms with Gasteiger partial charge in [-0.25, -0.2) is 0 Å². The third kappa shape index (κ3) is 4.16. The minimum atomic E-state index is -0.866. The highest BCUT2D eigenvalue weighted by Crippen LogP contribution is 2.17. The van der Waals surface area contributed by atoms with Crippen molar-refractivity contribution in [1.29, 1.82) is 0 Å². The number of nitrogens with zero attached hydrogens (tertiary/aromatic N) is 1. The summed E-state index contributed by atoms with van der Waals surface area (Å²) in [6.07, 6.45) is 0.272. The van der Waals surface area contributed by atoms with Gasteiger partial charge in [-0.15, -0.1) is 0 Å². The Morgan fingerprint density at radius 3 is 2.42 bits per heavy atom. The summed E-state index contributed by atoms with van der Waals surface area (Å²) in [4.78, 5) is 34.2. The summed E-state index contributed by atoms with van der Waals surface area (Å²) in [6, 6.07) is 12.2. The van der Waals surface area contributed by atoms with Crippen molar-refractivity contribution in [2.45, 2.75) is 19.4 Å². The van der Waals surface area contributed by atoms with E-state index in [1.54, 1.807) is 6.92 Å². The third-order valence-corrected chi connectivity index (χ3v) is 3.60. The van der Waals surface area contributed by atoms with Gasteiger partial charge in [0.2, 0.25) is 5.91 Å². The van der Waals surface area contributed by atoms with Crippen LogP contribution in [0.2, 0.25) is 0 Å². The zero-order valence-electron chi connectivity index (χ0n) is 13.1. The summed E-state index contributed by atoms with van der Waals surface area (Å²) in [6.45, 7) is 1.60. The van der Waals surface area contributed by atoms with Gasteiger partial charge in [0, 0.05) is 24.1 Å². The molecule has 2 aromatic rings. The van der Waals surface area contributed by atoms with Gasteiger partial charge in [0.15, 0.2) is 0 Å². The molecular weight excluding hydrogens is 310 g/mol. The van der Waals surface area contributed by atoms with E-state index in [4.69, 9.17) is 5.73 Å². The predicted molar refractivity (Wildman–Crippen MR) is 88.4 cm³/mol. The van der Waals surface area contributed by atoms with E-state index >= 15 is 0 Å². The van der Waals surface area contributed by atoms with Gasteiger partial charge >= 0.3 is 0 Å². The van der Waals surface area contributed by atoms with Crippen LogP contribution in [0, 0.1) is 17.0 Å². The summed E-state index contributed by atoms with van der Waals surface area (Å²) in [5.74, 6) is -1.14. The molecule has 0 aliphatic rings. The normalized spacial score (nSPS) is 11.5. The Bertz CT molecular complexity index is 775. The number of primary amides is 1. The highest BCUT2D eigenvalue weighted by molar-refractivity contribution is 5.98. The second-order valence-electron chi connectivity index (χ2n) is 5.37. The average molecular weight is 327 g/mol. The van der Waals surface area contributed by atoms with Crippen LogP contribution in [0.3, 0.4) is 0 Å². The number of hydrogen-bond donors (Lipinski definition) is 2. The summed E-state index contributed by atoms with van der Waals surface area (Å²) in [7, 11) is 0. The Morgan fingerprint density at radius 1 is 1.21 bits per heavy atom. The number of nitro groups is 1. The van der Waals surface area contributed by atoms with Gasteiger partial charge in [-0.05, 0) is 24.1 Å². The quantitative estimate of drug-likeness (QED) is 0.621. The number of carbonyl (C=O) groups is 2. The lowest BCUT2D eigenvalue weighted by atomic mass is 10.0. The van der Waals surface area contributed by atoms with Crippen molar-refractivity contribution in [3.63, 3.8) is 0 Å². The highest BCUT2D eigenvalue weighted by Gasteiger charge is 2.21. The molecule has 0 bridgehead atoms. The number of rotatable bonds is 6. The first kappa shape index (κ1) is 17.1. The van der Waals surface area contributed by atoms with Crippen LogP contribution < -0.4 is 11.1 Å². The lowest BCUT2D eigenvalue weighted by Gasteiger charge is -2.16. The number of aryl methyl sites for hydroxylation is 1. The fraction of sp³-hybridized carbons (Fsp3) is 0.176. The molecule has 7 nitrogen and oxygen atoms in total. The molecule has 1 atom stereocenters. The molecule has 0 saturated heterocycles. The predicted octanol–water partition coefficient (Wildman–Crippen LogP) is 1.73. The number of non-ortho nitro benzene ring substituents is 1. The van der Waals surface area contributed by atoms with Gasteiger partial charge in [0.1, 0.15) is 6.04 Å². The molecule has 0 spiro atoms. The van der Waals surface area contributed by atoms with Gasteiger partial charge in [-0.2, -0.15) is 0 Å². The molecule has 0 aliphatic carbocycles. The van der Waals surface area contributed by atoms with Crippen LogP contribution in [-0.2, 0) is 11.2 Å². The molecule has 0 radical (unpaired) electrons. The molecule has 0 aromatic heterocycles. The first-order valence-electron chi connectivity index (χ1n) is 7.27. The largest absolute Gasteiger partial charge is 0.368 e. The van der Waals surface area contributed by atoms with Crippen molar-refractivity contribution in [2.75, 3.05) is 0 Å².